The number of hydrogen-bond donors (Lipinski definition) is 1. The molecule has 0 bridgehead atoms. The van der Waals surface area contributed by atoms with Gasteiger partial charge in [0.1, 0.15) is 5.75 Å². The lowest BCUT2D eigenvalue weighted by Gasteiger charge is -2.08. The molecule has 0 saturated carbocycles. The fourth-order valence-corrected chi connectivity index (χ4v) is 2.42. The molecule has 2 N–H and O–H groups in total. The number of para-hydroxylation sites is 1. The third-order valence-electron chi connectivity index (χ3n) is 2.93. The van der Waals surface area contributed by atoms with E-state index in [0.29, 0.717) is 32.5 Å². The first-order valence-corrected chi connectivity index (χ1v) is 7.34. The highest BCUT2D eigenvalue weighted by Gasteiger charge is 2.09. The molecule has 4 nitrogen and oxygen atoms in total. The average Bonchev–Trinajstić information content (AvgIpc) is 2.52. The van der Waals surface area contributed by atoms with Crippen LogP contribution in [0.15, 0.2) is 42.5 Å². The minimum absolute atomic E-state index is 0.242. The van der Waals surface area contributed by atoms with E-state index in [4.69, 9.17) is 33.7 Å². The molecule has 2 rings (SSSR count). The molecule has 0 aliphatic heterocycles. The summed E-state index contributed by atoms with van der Waals surface area (Å²) in [7, 11) is 0. The third-order valence-corrected chi connectivity index (χ3v) is 3.48. The Bertz CT molecular complexity index is 810. The number of nitrogens with zero attached hydrogens (tertiary/aromatic N) is 1. The average molecular weight is 347 g/mol. The fraction of sp³-hybridized carbons (Fsp3) is 0.0588. The van der Waals surface area contributed by atoms with Crippen molar-refractivity contribution >= 4 is 40.8 Å². The molecule has 0 saturated heterocycles. The van der Waals surface area contributed by atoms with E-state index < -0.39 is 5.91 Å². The predicted molar refractivity (Wildman–Crippen MR) is 91.1 cm³/mol. The van der Waals surface area contributed by atoms with Gasteiger partial charge in [0.15, 0.2) is 6.61 Å². The number of amides is 1. The molecule has 1 amide bonds. The maximum Gasteiger partial charge on any atom is 0.255 e. The number of rotatable bonds is 5. The van der Waals surface area contributed by atoms with Gasteiger partial charge in [-0.2, -0.15) is 5.26 Å². The molecular weight excluding hydrogens is 335 g/mol. The second kappa shape index (κ2) is 7.68. The van der Waals surface area contributed by atoms with Gasteiger partial charge in [-0.15, -0.1) is 0 Å². The summed E-state index contributed by atoms with van der Waals surface area (Å²) in [6.45, 7) is -0.242. The van der Waals surface area contributed by atoms with Crippen molar-refractivity contribution in [2.75, 3.05) is 6.61 Å². The Labute approximate surface area is 143 Å². The lowest BCUT2D eigenvalue weighted by atomic mass is 10.0. The molecule has 6 heteroatoms. The number of hydrogen-bond acceptors (Lipinski definition) is 3. The number of benzene rings is 2. The van der Waals surface area contributed by atoms with Crippen molar-refractivity contribution in [3.8, 4) is 11.8 Å². The van der Waals surface area contributed by atoms with Crippen LogP contribution >= 0.6 is 23.2 Å². The smallest absolute Gasteiger partial charge is 0.255 e. The zero-order valence-corrected chi connectivity index (χ0v) is 13.4. The zero-order valence-electron chi connectivity index (χ0n) is 11.9. The van der Waals surface area contributed by atoms with Crippen molar-refractivity contribution in [1.29, 1.82) is 5.26 Å². The standard InChI is InChI=1S/C17H12Cl2N2O2/c18-13-5-6-14(15(19)8-13)12(9-20)7-11-3-1-2-4-16(11)23-10-17(21)22/h1-8H,10H2,(H2,21,22)/b12-7+. The normalized spacial score (nSPS) is 10.9. The van der Waals surface area contributed by atoms with Crippen LogP contribution in [0.3, 0.4) is 0 Å². The highest BCUT2D eigenvalue weighted by molar-refractivity contribution is 6.36. The molecule has 0 unspecified atom stereocenters. The van der Waals surface area contributed by atoms with E-state index in [1.807, 2.05) is 0 Å². The highest BCUT2D eigenvalue weighted by Crippen LogP contribution is 2.30. The first-order valence-electron chi connectivity index (χ1n) is 6.58. The van der Waals surface area contributed by atoms with Crippen molar-refractivity contribution in [3.05, 3.63) is 63.6 Å². The molecule has 0 aromatic heterocycles. The second-order valence-electron chi connectivity index (χ2n) is 4.59. The van der Waals surface area contributed by atoms with E-state index in [-0.39, 0.29) is 6.61 Å². The summed E-state index contributed by atoms with van der Waals surface area (Å²) in [6.07, 6.45) is 1.63. The van der Waals surface area contributed by atoms with Crippen LogP contribution in [0.2, 0.25) is 10.0 Å². The predicted octanol–water partition coefficient (Wildman–Crippen LogP) is 3.92. The molecule has 0 heterocycles. The molecule has 2 aromatic rings. The first-order chi connectivity index (χ1) is 11.0. The van der Waals surface area contributed by atoms with Crippen LogP contribution in [-0.2, 0) is 4.79 Å². The summed E-state index contributed by atoms with van der Waals surface area (Å²) in [6, 6.07) is 14.0. The number of nitriles is 1. The molecule has 0 aliphatic carbocycles. The molecule has 0 radical (unpaired) electrons. The number of ether oxygens (including phenoxy) is 1. The van der Waals surface area contributed by atoms with Gasteiger partial charge in [0.25, 0.3) is 5.91 Å². The van der Waals surface area contributed by atoms with Gasteiger partial charge in [0, 0.05) is 16.1 Å². The van der Waals surface area contributed by atoms with Crippen molar-refractivity contribution in [2.45, 2.75) is 0 Å². The maximum atomic E-state index is 10.9. The van der Waals surface area contributed by atoms with Crippen LogP contribution in [0.4, 0.5) is 0 Å². The first kappa shape index (κ1) is 16.9. The number of nitrogens with two attached hydrogens (primary N) is 1. The molecule has 23 heavy (non-hydrogen) atoms. The summed E-state index contributed by atoms with van der Waals surface area (Å²) in [5.74, 6) is -0.130. The topological polar surface area (TPSA) is 76.1 Å². The van der Waals surface area contributed by atoms with Gasteiger partial charge in [-0.1, -0.05) is 47.5 Å². The van der Waals surface area contributed by atoms with Gasteiger partial charge in [0.2, 0.25) is 0 Å². The Kier molecular flexibility index (Phi) is 5.64. The van der Waals surface area contributed by atoms with E-state index in [0.717, 1.165) is 0 Å². The van der Waals surface area contributed by atoms with Crippen molar-refractivity contribution in [2.24, 2.45) is 5.73 Å². The summed E-state index contributed by atoms with van der Waals surface area (Å²) < 4.78 is 5.35. The summed E-state index contributed by atoms with van der Waals surface area (Å²) >= 11 is 12.0. The minimum atomic E-state index is -0.579. The third kappa shape index (κ3) is 4.49. The van der Waals surface area contributed by atoms with Gasteiger partial charge in [-0.3, -0.25) is 4.79 Å². The van der Waals surface area contributed by atoms with Crippen LogP contribution in [-0.4, -0.2) is 12.5 Å². The van der Waals surface area contributed by atoms with Gasteiger partial charge in [-0.05, 0) is 24.3 Å². The van der Waals surface area contributed by atoms with Gasteiger partial charge in [-0.25, -0.2) is 0 Å². The van der Waals surface area contributed by atoms with Crippen molar-refractivity contribution < 1.29 is 9.53 Å². The van der Waals surface area contributed by atoms with E-state index >= 15 is 0 Å². The van der Waals surface area contributed by atoms with Crippen LogP contribution in [0, 0.1) is 11.3 Å². The van der Waals surface area contributed by atoms with Gasteiger partial charge < -0.3 is 10.5 Å². The minimum Gasteiger partial charge on any atom is -0.483 e. The zero-order chi connectivity index (χ0) is 16.8. The summed E-state index contributed by atoms with van der Waals surface area (Å²) in [4.78, 5) is 10.9. The molecule has 0 aliphatic rings. The SMILES string of the molecule is N#C/C(=C\c1ccccc1OCC(N)=O)c1ccc(Cl)cc1Cl. The Hall–Kier alpha value is -2.48. The quantitative estimate of drug-likeness (QED) is 0.658. The van der Waals surface area contributed by atoms with E-state index in [1.165, 1.54) is 0 Å². The van der Waals surface area contributed by atoms with E-state index in [9.17, 15) is 10.1 Å². The lowest BCUT2D eigenvalue weighted by Crippen LogP contribution is -2.20. The number of carbonyl (C=O) groups excluding carboxylic acids is 1. The van der Waals surface area contributed by atoms with Crippen LogP contribution in [0.25, 0.3) is 11.6 Å². The fourth-order valence-electron chi connectivity index (χ4n) is 1.91. The summed E-state index contributed by atoms with van der Waals surface area (Å²) in [5, 5.41) is 10.3. The van der Waals surface area contributed by atoms with Crippen molar-refractivity contribution in [3.63, 3.8) is 0 Å². The van der Waals surface area contributed by atoms with Crippen LogP contribution in [0.1, 0.15) is 11.1 Å². The second-order valence-corrected chi connectivity index (χ2v) is 5.43. The Morgan fingerprint density at radius 3 is 2.65 bits per heavy atom. The largest absolute Gasteiger partial charge is 0.483 e. The molecule has 2 aromatic carbocycles. The Balaban J connectivity index is 2.42. The highest BCUT2D eigenvalue weighted by atomic mass is 35.5. The molecular formula is C17H12Cl2N2O2. The number of primary amides is 1. The van der Waals surface area contributed by atoms with E-state index in [1.54, 1.807) is 48.5 Å². The van der Waals surface area contributed by atoms with Crippen LogP contribution < -0.4 is 10.5 Å². The molecule has 0 atom stereocenters. The van der Waals surface area contributed by atoms with Gasteiger partial charge in [0.05, 0.1) is 16.7 Å². The molecule has 116 valence electrons. The molecule has 0 fully saturated rings. The van der Waals surface area contributed by atoms with Gasteiger partial charge >= 0.3 is 0 Å². The lowest BCUT2D eigenvalue weighted by molar-refractivity contribution is -0.119. The van der Waals surface area contributed by atoms with Crippen LogP contribution in [0.5, 0.6) is 5.75 Å². The Morgan fingerprint density at radius 2 is 2.00 bits per heavy atom. The number of halogens is 2. The number of allylic oxidation sites excluding steroid dienone is 1. The monoisotopic (exact) mass is 346 g/mol. The van der Waals surface area contributed by atoms with Crippen molar-refractivity contribution in [1.82, 2.24) is 0 Å². The maximum absolute atomic E-state index is 10.9. The number of carbonyl (C=O) groups is 1. The summed E-state index contributed by atoms with van der Waals surface area (Å²) in [5.41, 5.74) is 6.62. The Morgan fingerprint density at radius 1 is 1.26 bits per heavy atom. The van der Waals surface area contributed by atoms with E-state index in [2.05, 4.69) is 6.07 Å². The molecule has 0 spiro atoms.